The molecule has 1 aromatic rings. The number of carbonyl (C=O) groups is 1. The molecule has 1 aliphatic heterocycles. The van der Waals surface area contributed by atoms with E-state index in [0.29, 0.717) is 16.4 Å². The maximum absolute atomic E-state index is 11.9. The number of carbonyl (C=O) groups excluding carboxylic acids is 1. The van der Waals surface area contributed by atoms with Crippen molar-refractivity contribution < 1.29 is 4.79 Å². The molecule has 1 heterocycles. The molecule has 0 saturated carbocycles. The van der Waals surface area contributed by atoms with Gasteiger partial charge in [-0.15, -0.1) is 0 Å². The smallest absolute Gasteiger partial charge is 0.256 e. The highest BCUT2D eigenvalue weighted by molar-refractivity contribution is 6.31. The van der Waals surface area contributed by atoms with Crippen molar-refractivity contribution >= 4 is 34.6 Å². The Morgan fingerprint density at radius 2 is 2.19 bits per heavy atom. The molecule has 0 spiro atoms. The van der Waals surface area contributed by atoms with Crippen LogP contribution in [0.2, 0.25) is 5.02 Å². The summed E-state index contributed by atoms with van der Waals surface area (Å²) < 4.78 is 0. The first-order valence-electron chi connectivity index (χ1n) is 4.95. The van der Waals surface area contributed by atoms with Gasteiger partial charge in [-0.1, -0.05) is 11.6 Å². The van der Waals surface area contributed by atoms with Crippen LogP contribution >= 0.6 is 11.6 Å². The molecule has 1 aliphatic rings. The lowest BCUT2D eigenvalue weighted by atomic mass is 10.1. The molecular formula is C11H12ClN3O. The van der Waals surface area contributed by atoms with Crippen molar-refractivity contribution in [2.45, 2.75) is 13.8 Å². The second kappa shape index (κ2) is 3.79. The summed E-state index contributed by atoms with van der Waals surface area (Å²) in [7, 11) is 0. The predicted molar refractivity (Wildman–Crippen MR) is 65.6 cm³/mol. The summed E-state index contributed by atoms with van der Waals surface area (Å²) in [5, 5.41) is 6.07. The number of nitrogens with two attached hydrogens (primary N) is 1. The summed E-state index contributed by atoms with van der Waals surface area (Å²) in [4.78, 5) is 11.9. The van der Waals surface area contributed by atoms with Gasteiger partial charge in [0.25, 0.3) is 5.91 Å². The lowest BCUT2D eigenvalue weighted by Gasteiger charge is -2.15. The van der Waals surface area contributed by atoms with Crippen LogP contribution in [0, 0.1) is 5.92 Å². The van der Waals surface area contributed by atoms with Gasteiger partial charge in [-0.2, -0.15) is 10.1 Å². The molecule has 1 aromatic carbocycles. The Balaban J connectivity index is 2.43. The number of rotatable bonds is 1. The van der Waals surface area contributed by atoms with Crippen molar-refractivity contribution in [2.75, 3.05) is 10.7 Å². The Morgan fingerprint density at radius 3 is 2.69 bits per heavy atom. The second-order valence-electron chi connectivity index (χ2n) is 3.82. The third-order valence-electron chi connectivity index (χ3n) is 2.68. The lowest BCUT2D eigenvalue weighted by molar-refractivity contribution is -0.119. The molecule has 2 N–H and O–H groups in total. The molecule has 5 heteroatoms. The fraction of sp³-hybridized carbons (Fsp3) is 0.273. The largest absolute Gasteiger partial charge is 0.397 e. The summed E-state index contributed by atoms with van der Waals surface area (Å²) in [6.07, 6.45) is 0. The number of hydrogen-bond donors (Lipinski definition) is 1. The van der Waals surface area contributed by atoms with Gasteiger partial charge < -0.3 is 5.73 Å². The molecule has 1 atom stereocenters. The molecule has 2 rings (SSSR count). The molecule has 1 unspecified atom stereocenters. The maximum Gasteiger partial charge on any atom is 0.256 e. The van der Waals surface area contributed by atoms with Crippen molar-refractivity contribution in [3.63, 3.8) is 0 Å². The Morgan fingerprint density at radius 1 is 1.50 bits per heavy atom. The normalized spacial score (nSPS) is 20.2. The number of amides is 1. The number of nitrogens with zero attached hydrogens (tertiary/aromatic N) is 2. The van der Waals surface area contributed by atoms with Crippen molar-refractivity contribution in [1.82, 2.24) is 0 Å². The van der Waals surface area contributed by atoms with Crippen LogP contribution in [0.3, 0.4) is 0 Å². The van der Waals surface area contributed by atoms with Crippen molar-refractivity contribution in [3.05, 3.63) is 23.2 Å². The van der Waals surface area contributed by atoms with Crippen LogP contribution in [0.1, 0.15) is 13.8 Å². The number of benzene rings is 1. The standard InChI is InChI=1S/C11H12ClN3O/c1-6-7(2)14-15(11(6)16)10-4-3-8(12)5-9(10)13/h3-6H,13H2,1-2H3. The zero-order valence-electron chi connectivity index (χ0n) is 9.07. The Kier molecular flexibility index (Phi) is 2.59. The van der Waals surface area contributed by atoms with Gasteiger partial charge in [-0.05, 0) is 32.0 Å². The molecule has 0 radical (unpaired) electrons. The molecule has 1 amide bonds. The molecule has 4 nitrogen and oxygen atoms in total. The SMILES string of the molecule is CC1=NN(c2ccc(Cl)cc2N)C(=O)C1C. The fourth-order valence-corrected chi connectivity index (χ4v) is 1.73. The number of hydrazone groups is 1. The van der Waals surface area contributed by atoms with E-state index in [-0.39, 0.29) is 11.8 Å². The summed E-state index contributed by atoms with van der Waals surface area (Å²) >= 11 is 5.80. The van der Waals surface area contributed by atoms with Crippen LogP contribution in [-0.4, -0.2) is 11.6 Å². The summed E-state index contributed by atoms with van der Waals surface area (Å²) in [5.74, 6) is -0.249. The molecule has 0 saturated heterocycles. The fourth-order valence-electron chi connectivity index (χ4n) is 1.55. The topological polar surface area (TPSA) is 58.7 Å². The van der Waals surface area contributed by atoms with Crippen molar-refractivity contribution in [2.24, 2.45) is 11.0 Å². The zero-order valence-corrected chi connectivity index (χ0v) is 9.82. The van der Waals surface area contributed by atoms with E-state index in [9.17, 15) is 4.79 Å². The lowest BCUT2D eigenvalue weighted by Crippen LogP contribution is -2.25. The van der Waals surface area contributed by atoms with E-state index in [1.54, 1.807) is 18.2 Å². The van der Waals surface area contributed by atoms with E-state index in [2.05, 4.69) is 5.10 Å². The van der Waals surface area contributed by atoms with E-state index in [0.717, 1.165) is 5.71 Å². The van der Waals surface area contributed by atoms with Gasteiger partial charge in [0.2, 0.25) is 0 Å². The van der Waals surface area contributed by atoms with E-state index >= 15 is 0 Å². The van der Waals surface area contributed by atoms with Crippen LogP contribution in [-0.2, 0) is 4.79 Å². The molecular weight excluding hydrogens is 226 g/mol. The second-order valence-corrected chi connectivity index (χ2v) is 4.25. The minimum absolute atomic E-state index is 0.0634. The first-order valence-corrected chi connectivity index (χ1v) is 5.32. The molecule has 0 bridgehead atoms. The first-order chi connectivity index (χ1) is 7.50. The third kappa shape index (κ3) is 1.65. The number of nitrogen functional groups attached to an aromatic ring is 1. The van der Waals surface area contributed by atoms with Gasteiger partial charge >= 0.3 is 0 Å². The van der Waals surface area contributed by atoms with E-state index in [1.165, 1.54) is 5.01 Å². The highest BCUT2D eigenvalue weighted by Crippen LogP contribution is 2.30. The van der Waals surface area contributed by atoms with E-state index < -0.39 is 0 Å². The zero-order chi connectivity index (χ0) is 11.9. The number of anilines is 2. The van der Waals surface area contributed by atoms with E-state index in [4.69, 9.17) is 17.3 Å². The van der Waals surface area contributed by atoms with Crippen LogP contribution < -0.4 is 10.7 Å². The Hall–Kier alpha value is -1.55. The molecule has 84 valence electrons. The minimum Gasteiger partial charge on any atom is -0.397 e. The predicted octanol–water partition coefficient (Wildman–Crippen LogP) is 2.28. The molecule has 16 heavy (non-hydrogen) atoms. The van der Waals surface area contributed by atoms with Gasteiger partial charge in [0.1, 0.15) is 0 Å². The highest BCUT2D eigenvalue weighted by atomic mass is 35.5. The monoisotopic (exact) mass is 237 g/mol. The van der Waals surface area contributed by atoms with Gasteiger partial charge in [-0.25, -0.2) is 0 Å². The first kappa shape index (κ1) is 11.0. The third-order valence-corrected chi connectivity index (χ3v) is 2.92. The average molecular weight is 238 g/mol. The number of halogens is 1. The summed E-state index contributed by atoms with van der Waals surface area (Å²) in [5.41, 5.74) is 7.63. The van der Waals surface area contributed by atoms with Crippen LogP contribution in [0.25, 0.3) is 0 Å². The van der Waals surface area contributed by atoms with E-state index in [1.807, 2.05) is 13.8 Å². The highest BCUT2D eigenvalue weighted by Gasteiger charge is 2.31. The average Bonchev–Trinajstić information content (AvgIpc) is 2.46. The summed E-state index contributed by atoms with van der Waals surface area (Å²) in [6, 6.07) is 5.00. The minimum atomic E-state index is -0.185. The van der Waals surface area contributed by atoms with Gasteiger partial charge in [0.15, 0.2) is 0 Å². The molecule has 0 fully saturated rings. The van der Waals surface area contributed by atoms with Gasteiger partial charge in [0, 0.05) is 10.7 Å². The van der Waals surface area contributed by atoms with Crippen LogP contribution in [0.4, 0.5) is 11.4 Å². The van der Waals surface area contributed by atoms with Crippen molar-refractivity contribution in [1.29, 1.82) is 0 Å². The maximum atomic E-state index is 11.9. The molecule has 0 aliphatic carbocycles. The molecule has 0 aromatic heterocycles. The van der Waals surface area contributed by atoms with Crippen LogP contribution in [0.15, 0.2) is 23.3 Å². The summed E-state index contributed by atoms with van der Waals surface area (Å²) in [6.45, 7) is 3.65. The quantitative estimate of drug-likeness (QED) is 0.762. The van der Waals surface area contributed by atoms with Crippen molar-refractivity contribution in [3.8, 4) is 0 Å². The van der Waals surface area contributed by atoms with Crippen LogP contribution in [0.5, 0.6) is 0 Å². The van der Waals surface area contributed by atoms with Gasteiger partial charge in [0.05, 0.1) is 17.3 Å². The number of hydrogen-bond acceptors (Lipinski definition) is 3. The van der Waals surface area contributed by atoms with Gasteiger partial charge in [-0.3, -0.25) is 4.79 Å². The Bertz CT molecular complexity index is 484. The Labute approximate surface area is 98.7 Å².